The van der Waals surface area contributed by atoms with Gasteiger partial charge in [0.05, 0.1) is 0 Å². The third-order valence-corrected chi connectivity index (χ3v) is 4.50. The number of rotatable bonds is 6. The molecule has 1 atom stereocenters. The number of hydrogen-bond donors (Lipinski definition) is 2. The Bertz CT molecular complexity index is 1020. The monoisotopic (exact) mass is 390 g/mol. The standard InChI is InChI=1S/C23H22N2O4/c1-15-4-3-5-20(12-15)29-19-9-6-17(7-10-19)24-16(2)23(26)25-18-8-11-21-22(13-18)28-14-27-21/h3-13,16,24H,14H2,1-2H3,(H,25,26). The molecule has 0 fully saturated rings. The van der Waals surface area contributed by atoms with E-state index < -0.39 is 6.04 Å². The van der Waals surface area contributed by atoms with Crippen molar-refractivity contribution in [1.82, 2.24) is 0 Å². The Balaban J connectivity index is 1.34. The van der Waals surface area contributed by atoms with Crippen molar-refractivity contribution in [2.24, 2.45) is 0 Å². The van der Waals surface area contributed by atoms with Crippen molar-refractivity contribution in [3.05, 3.63) is 72.3 Å². The van der Waals surface area contributed by atoms with Crippen molar-refractivity contribution in [2.75, 3.05) is 17.4 Å². The summed E-state index contributed by atoms with van der Waals surface area (Å²) >= 11 is 0. The van der Waals surface area contributed by atoms with E-state index in [1.54, 1.807) is 25.1 Å². The van der Waals surface area contributed by atoms with E-state index in [0.29, 0.717) is 17.2 Å². The zero-order chi connectivity index (χ0) is 20.2. The van der Waals surface area contributed by atoms with E-state index >= 15 is 0 Å². The number of nitrogens with one attached hydrogen (secondary N) is 2. The lowest BCUT2D eigenvalue weighted by Crippen LogP contribution is -2.31. The van der Waals surface area contributed by atoms with Crippen LogP contribution >= 0.6 is 0 Å². The number of fused-ring (bicyclic) bond motifs is 1. The van der Waals surface area contributed by atoms with Gasteiger partial charge >= 0.3 is 0 Å². The van der Waals surface area contributed by atoms with Gasteiger partial charge in [-0.1, -0.05) is 12.1 Å². The molecule has 1 unspecified atom stereocenters. The molecule has 3 aromatic rings. The van der Waals surface area contributed by atoms with Crippen LogP contribution in [0.5, 0.6) is 23.0 Å². The van der Waals surface area contributed by atoms with E-state index in [1.807, 2.05) is 55.5 Å². The number of ether oxygens (including phenoxy) is 3. The highest BCUT2D eigenvalue weighted by atomic mass is 16.7. The molecule has 1 heterocycles. The van der Waals surface area contributed by atoms with E-state index in [-0.39, 0.29) is 12.7 Å². The van der Waals surface area contributed by atoms with Gasteiger partial charge < -0.3 is 24.8 Å². The molecule has 0 saturated heterocycles. The number of aryl methyl sites for hydroxylation is 1. The smallest absolute Gasteiger partial charge is 0.246 e. The summed E-state index contributed by atoms with van der Waals surface area (Å²) in [5, 5.41) is 6.07. The summed E-state index contributed by atoms with van der Waals surface area (Å²) in [6.45, 7) is 4.03. The van der Waals surface area contributed by atoms with Crippen molar-refractivity contribution in [3.63, 3.8) is 0 Å². The topological polar surface area (TPSA) is 68.8 Å². The molecular formula is C23H22N2O4. The summed E-state index contributed by atoms with van der Waals surface area (Å²) in [6, 6.07) is 20.3. The van der Waals surface area contributed by atoms with Gasteiger partial charge in [0.2, 0.25) is 12.7 Å². The maximum atomic E-state index is 12.5. The fourth-order valence-electron chi connectivity index (χ4n) is 2.97. The molecule has 0 bridgehead atoms. The van der Waals surface area contributed by atoms with Crippen molar-refractivity contribution in [3.8, 4) is 23.0 Å². The summed E-state index contributed by atoms with van der Waals surface area (Å²) in [5.74, 6) is 2.69. The van der Waals surface area contributed by atoms with Crippen molar-refractivity contribution in [1.29, 1.82) is 0 Å². The van der Waals surface area contributed by atoms with Crippen molar-refractivity contribution >= 4 is 17.3 Å². The highest BCUT2D eigenvalue weighted by Gasteiger charge is 2.17. The number of carbonyl (C=O) groups excluding carboxylic acids is 1. The van der Waals surface area contributed by atoms with Gasteiger partial charge in [-0.2, -0.15) is 0 Å². The lowest BCUT2D eigenvalue weighted by Gasteiger charge is -2.16. The molecule has 0 spiro atoms. The van der Waals surface area contributed by atoms with Crippen LogP contribution in [0.4, 0.5) is 11.4 Å². The molecular weight excluding hydrogens is 368 g/mol. The van der Waals surface area contributed by atoms with Gasteiger partial charge in [0.1, 0.15) is 17.5 Å². The van der Waals surface area contributed by atoms with Gasteiger partial charge in [-0.25, -0.2) is 0 Å². The first kappa shape index (κ1) is 18.7. The molecule has 1 aliphatic heterocycles. The predicted octanol–water partition coefficient (Wildman–Crippen LogP) is 4.96. The zero-order valence-electron chi connectivity index (χ0n) is 16.3. The van der Waals surface area contributed by atoms with E-state index in [1.165, 1.54) is 0 Å². The molecule has 1 aliphatic rings. The molecule has 0 aromatic heterocycles. The van der Waals surface area contributed by atoms with Crippen LogP contribution in [0.25, 0.3) is 0 Å². The van der Waals surface area contributed by atoms with Gasteiger partial charge in [-0.3, -0.25) is 4.79 Å². The average Bonchev–Trinajstić information content (AvgIpc) is 3.17. The number of amides is 1. The Morgan fingerprint density at radius 1 is 0.931 bits per heavy atom. The zero-order valence-corrected chi connectivity index (χ0v) is 16.3. The van der Waals surface area contributed by atoms with Gasteiger partial charge in [-0.15, -0.1) is 0 Å². The molecule has 1 amide bonds. The Kier molecular flexibility index (Phi) is 5.24. The quantitative estimate of drug-likeness (QED) is 0.623. The van der Waals surface area contributed by atoms with Crippen LogP contribution < -0.4 is 24.8 Å². The second-order valence-electron chi connectivity index (χ2n) is 6.87. The molecule has 0 aliphatic carbocycles. The summed E-state index contributed by atoms with van der Waals surface area (Å²) in [5.41, 5.74) is 2.63. The molecule has 29 heavy (non-hydrogen) atoms. The van der Waals surface area contributed by atoms with E-state index in [0.717, 1.165) is 22.7 Å². The molecule has 148 valence electrons. The lowest BCUT2D eigenvalue weighted by molar-refractivity contribution is -0.116. The maximum Gasteiger partial charge on any atom is 0.246 e. The first-order chi connectivity index (χ1) is 14.1. The second kappa shape index (κ2) is 8.14. The largest absolute Gasteiger partial charge is 0.457 e. The predicted molar refractivity (Wildman–Crippen MR) is 112 cm³/mol. The molecule has 0 saturated carbocycles. The molecule has 4 rings (SSSR count). The minimum atomic E-state index is -0.427. The molecule has 6 nitrogen and oxygen atoms in total. The lowest BCUT2D eigenvalue weighted by atomic mass is 10.2. The fourth-order valence-corrected chi connectivity index (χ4v) is 2.97. The highest BCUT2D eigenvalue weighted by molar-refractivity contribution is 5.96. The molecule has 0 radical (unpaired) electrons. The van der Waals surface area contributed by atoms with Crippen LogP contribution in [-0.2, 0) is 4.79 Å². The average molecular weight is 390 g/mol. The number of anilines is 2. The Labute approximate surface area is 169 Å². The van der Waals surface area contributed by atoms with Crippen LogP contribution in [0.1, 0.15) is 12.5 Å². The van der Waals surface area contributed by atoms with Gasteiger partial charge in [0.25, 0.3) is 0 Å². The summed E-state index contributed by atoms with van der Waals surface area (Å²) < 4.78 is 16.5. The van der Waals surface area contributed by atoms with Gasteiger partial charge in [0, 0.05) is 17.4 Å². The summed E-state index contributed by atoms with van der Waals surface area (Å²) in [6.07, 6.45) is 0. The van der Waals surface area contributed by atoms with Crippen molar-refractivity contribution < 1.29 is 19.0 Å². The fraction of sp³-hybridized carbons (Fsp3) is 0.174. The third kappa shape index (κ3) is 4.60. The SMILES string of the molecule is Cc1cccc(Oc2ccc(NC(C)C(=O)Nc3ccc4c(c3)OCO4)cc2)c1. The van der Waals surface area contributed by atoms with Crippen LogP contribution in [0.2, 0.25) is 0 Å². The molecule has 2 N–H and O–H groups in total. The number of carbonyl (C=O) groups is 1. The minimum absolute atomic E-state index is 0.149. The van der Waals surface area contributed by atoms with E-state index in [2.05, 4.69) is 10.6 Å². The van der Waals surface area contributed by atoms with Crippen LogP contribution in [-0.4, -0.2) is 18.7 Å². The first-order valence-electron chi connectivity index (χ1n) is 9.38. The van der Waals surface area contributed by atoms with Crippen molar-refractivity contribution in [2.45, 2.75) is 19.9 Å². The maximum absolute atomic E-state index is 12.5. The highest BCUT2D eigenvalue weighted by Crippen LogP contribution is 2.34. The van der Waals surface area contributed by atoms with E-state index in [9.17, 15) is 4.79 Å². The van der Waals surface area contributed by atoms with Gasteiger partial charge in [-0.05, 0) is 67.9 Å². The Morgan fingerprint density at radius 2 is 1.69 bits per heavy atom. The summed E-state index contributed by atoms with van der Waals surface area (Å²) in [7, 11) is 0. The van der Waals surface area contributed by atoms with Gasteiger partial charge in [0.15, 0.2) is 11.5 Å². The Morgan fingerprint density at radius 3 is 2.48 bits per heavy atom. The summed E-state index contributed by atoms with van der Waals surface area (Å²) in [4.78, 5) is 12.5. The van der Waals surface area contributed by atoms with Crippen LogP contribution in [0, 0.1) is 6.92 Å². The number of benzene rings is 3. The normalized spacial score (nSPS) is 12.9. The first-order valence-corrected chi connectivity index (χ1v) is 9.38. The second-order valence-corrected chi connectivity index (χ2v) is 6.87. The minimum Gasteiger partial charge on any atom is -0.457 e. The van der Waals surface area contributed by atoms with Crippen LogP contribution in [0.15, 0.2) is 66.7 Å². The third-order valence-electron chi connectivity index (χ3n) is 4.50. The molecule has 3 aromatic carbocycles. The number of hydrogen-bond acceptors (Lipinski definition) is 5. The molecule has 6 heteroatoms. The Hall–Kier alpha value is -3.67. The van der Waals surface area contributed by atoms with Crippen LogP contribution in [0.3, 0.4) is 0 Å². The van der Waals surface area contributed by atoms with E-state index in [4.69, 9.17) is 14.2 Å².